The number of benzene rings is 2. The lowest BCUT2D eigenvalue weighted by Crippen LogP contribution is -2.05. The second-order valence-corrected chi connectivity index (χ2v) is 6.06. The molecule has 5 nitrogen and oxygen atoms in total. The van der Waals surface area contributed by atoms with Gasteiger partial charge in [0.05, 0.1) is 25.5 Å². The largest absolute Gasteiger partial charge is 0.493 e. The molecular formula is C19H16F3N3O2. The molecule has 2 aliphatic rings. The summed E-state index contributed by atoms with van der Waals surface area (Å²) in [6, 6.07) is 10.7. The van der Waals surface area contributed by atoms with Gasteiger partial charge in [0.1, 0.15) is 5.82 Å². The molecule has 4 rings (SSSR count). The Morgan fingerprint density at radius 2 is 1.67 bits per heavy atom. The number of hydrogen-bond acceptors (Lipinski definition) is 3. The van der Waals surface area contributed by atoms with Gasteiger partial charge in [0.2, 0.25) is 0 Å². The molecular weight excluding hydrogens is 359 g/mol. The Morgan fingerprint density at radius 3 is 2.37 bits per heavy atom. The standard InChI is InChI=1S/C19H16F3N3O2/c1-26-15-7-10-6-14-17(13(10)9-16(15)27-2)24-25-18(14)23-12-5-3-4-11(8-12)19(20,21)22/h3-9,23-25H,1-2H3. The number of alkyl halides is 3. The van der Waals surface area contributed by atoms with Crippen LogP contribution in [-0.4, -0.2) is 24.4 Å². The second kappa shape index (κ2) is 6.15. The fourth-order valence-electron chi connectivity index (χ4n) is 3.14. The van der Waals surface area contributed by atoms with Gasteiger partial charge >= 0.3 is 6.18 Å². The maximum absolute atomic E-state index is 12.9. The number of hydrogen-bond donors (Lipinski definition) is 3. The maximum Gasteiger partial charge on any atom is 0.416 e. The highest BCUT2D eigenvalue weighted by molar-refractivity contribution is 6.05. The summed E-state index contributed by atoms with van der Waals surface area (Å²) in [4.78, 5) is 0. The molecule has 27 heavy (non-hydrogen) atoms. The van der Waals surface area contributed by atoms with E-state index >= 15 is 0 Å². The van der Waals surface area contributed by atoms with Crippen LogP contribution < -0.4 is 14.8 Å². The molecule has 2 aromatic carbocycles. The highest BCUT2D eigenvalue weighted by Gasteiger charge is 2.30. The third kappa shape index (κ3) is 2.92. The number of anilines is 2. The predicted octanol–water partition coefficient (Wildman–Crippen LogP) is 5.38. The van der Waals surface area contributed by atoms with E-state index in [1.54, 1.807) is 20.3 Å². The first-order valence-corrected chi connectivity index (χ1v) is 8.10. The number of H-pyrrole nitrogens is 2. The molecule has 0 aromatic heterocycles. The van der Waals surface area contributed by atoms with E-state index in [4.69, 9.17) is 9.47 Å². The summed E-state index contributed by atoms with van der Waals surface area (Å²) in [5.41, 5.74) is 1.27. The van der Waals surface area contributed by atoms with Crippen molar-refractivity contribution >= 4 is 22.3 Å². The molecule has 1 aliphatic heterocycles. The minimum absolute atomic E-state index is 0.336. The summed E-state index contributed by atoms with van der Waals surface area (Å²) in [6.07, 6.45) is -4.39. The molecule has 0 atom stereocenters. The summed E-state index contributed by atoms with van der Waals surface area (Å²) in [7, 11) is 3.12. The molecule has 0 unspecified atom stereocenters. The van der Waals surface area contributed by atoms with E-state index in [0.717, 1.165) is 34.2 Å². The Kier molecular flexibility index (Phi) is 3.91. The van der Waals surface area contributed by atoms with Crippen LogP contribution in [0.1, 0.15) is 5.56 Å². The van der Waals surface area contributed by atoms with Crippen LogP contribution in [0, 0.1) is 0 Å². The average Bonchev–Trinajstić information content (AvgIpc) is 3.19. The third-order valence-electron chi connectivity index (χ3n) is 4.44. The molecule has 0 saturated heterocycles. The van der Waals surface area contributed by atoms with Crippen molar-refractivity contribution in [2.75, 3.05) is 19.5 Å². The number of aromatic nitrogens is 2. The van der Waals surface area contributed by atoms with Crippen LogP contribution >= 0.6 is 0 Å². The minimum Gasteiger partial charge on any atom is -0.493 e. The van der Waals surface area contributed by atoms with Crippen LogP contribution in [0.4, 0.5) is 24.7 Å². The van der Waals surface area contributed by atoms with Gasteiger partial charge < -0.3 is 14.8 Å². The fourth-order valence-corrected chi connectivity index (χ4v) is 3.14. The zero-order valence-corrected chi connectivity index (χ0v) is 14.5. The highest BCUT2D eigenvalue weighted by Crippen LogP contribution is 2.43. The average molecular weight is 375 g/mol. The van der Waals surface area contributed by atoms with Crippen molar-refractivity contribution in [3.05, 3.63) is 48.0 Å². The number of methoxy groups -OCH3 is 2. The van der Waals surface area contributed by atoms with E-state index in [2.05, 4.69) is 15.5 Å². The molecule has 1 aliphatic carbocycles. The van der Waals surface area contributed by atoms with Gasteiger partial charge in [-0.1, -0.05) is 6.07 Å². The van der Waals surface area contributed by atoms with Gasteiger partial charge in [0.25, 0.3) is 0 Å². The van der Waals surface area contributed by atoms with E-state index in [-0.39, 0.29) is 0 Å². The van der Waals surface area contributed by atoms with Crippen LogP contribution in [0.5, 0.6) is 11.5 Å². The van der Waals surface area contributed by atoms with Crippen LogP contribution in [-0.2, 0) is 6.18 Å². The molecule has 2 aromatic rings. The SMILES string of the molecule is COc1cc2cc3c(Nc4cccc(C(F)(F)F)c4)[nH][nH]c-3c2cc1OC. The number of ether oxygens (including phenoxy) is 2. The molecule has 8 heteroatoms. The Morgan fingerprint density at radius 1 is 0.926 bits per heavy atom. The van der Waals surface area contributed by atoms with Crippen molar-refractivity contribution in [1.82, 2.24) is 10.2 Å². The fraction of sp³-hybridized carbons (Fsp3) is 0.158. The minimum atomic E-state index is -4.39. The van der Waals surface area contributed by atoms with Crippen molar-refractivity contribution in [1.29, 1.82) is 0 Å². The normalized spacial score (nSPS) is 11.9. The Bertz CT molecular complexity index is 1080. The first-order valence-electron chi connectivity index (χ1n) is 8.10. The van der Waals surface area contributed by atoms with E-state index in [1.807, 2.05) is 18.2 Å². The topological polar surface area (TPSA) is 62.1 Å². The van der Waals surface area contributed by atoms with E-state index < -0.39 is 11.7 Å². The van der Waals surface area contributed by atoms with E-state index in [9.17, 15) is 13.2 Å². The Hall–Kier alpha value is -3.29. The molecule has 3 N–H and O–H groups in total. The van der Waals surface area contributed by atoms with Gasteiger partial charge in [-0.2, -0.15) is 13.2 Å². The lowest BCUT2D eigenvalue weighted by molar-refractivity contribution is -0.137. The van der Waals surface area contributed by atoms with Crippen LogP contribution in [0.2, 0.25) is 0 Å². The van der Waals surface area contributed by atoms with Crippen LogP contribution in [0.3, 0.4) is 0 Å². The number of fused-ring (bicyclic) bond motifs is 3. The van der Waals surface area contributed by atoms with Gasteiger partial charge in [0.15, 0.2) is 11.5 Å². The van der Waals surface area contributed by atoms with Gasteiger partial charge in [-0.3, -0.25) is 10.2 Å². The van der Waals surface area contributed by atoms with Gasteiger partial charge in [-0.05, 0) is 41.8 Å². The third-order valence-corrected chi connectivity index (χ3v) is 4.44. The van der Waals surface area contributed by atoms with Gasteiger partial charge in [-0.25, -0.2) is 0 Å². The Balaban J connectivity index is 1.74. The monoisotopic (exact) mass is 375 g/mol. The molecule has 140 valence electrons. The van der Waals surface area contributed by atoms with E-state index in [0.29, 0.717) is 23.0 Å². The predicted molar refractivity (Wildman–Crippen MR) is 97.1 cm³/mol. The molecule has 0 fully saturated rings. The zero-order chi connectivity index (χ0) is 19.2. The van der Waals surface area contributed by atoms with Crippen LogP contribution in [0.25, 0.3) is 22.0 Å². The summed E-state index contributed by atoms with van der Waals surface area (Å²) in [6.45, 7) is 0. The quantitative estimate of drug-likeness (QED) is 0.449. The van der Waals surface area contributed by atoms with Gasteiger partial charge in [0, 0.05) is 16.6 Å². The van der Waals surface area contributed by atoms with Crippen molar-refractivity contribution in [3.8, 4) is 22.8 Å². The van der Waals surface area contributed by atoms with E-state index in [1.165, 1.54) is 6.07 Å². The number of nitrogens with one attached hydrogen (secondary N) is 3. The number of aromatic amines is 2. The second-order valence-electron chi connectivity index (χ2n) is 6.06. The van der Waals surface area contributed by atoms with Crippen molar-refractivity contribution in [3.63, 3.8) is 0 Å². The summed E-state index contributed by atoms with van der Waals surface area (Å²) in [5.74, 6) is 1.77. The lowest BCUT2D eigenvalue weighted by atomic mass is 10.1. The zero-order valence-electron chi connectivity index (χ0n) is 14.5. The molecule has 0 amide bonds. The summed E-state index contributed by atoms with van der Waals surface area (Å²) in [5, 5.41) is 10.9. The van der Waals surface area contributed by atoms with Crippen molar-refractivity contribution in [2.24, 2.45) is 0 Å². The van der Waals surface area contributed by atoms with Crippen molar-refractivity contribution in [2.45, 2.75) is 6.18 Å². The van der Waals surface area contributed by atoms with Crippen molar-refractivity contribution < 1.29 is 22.6 Å². The smallest absolute Gasteiger partial charge is 0.416 e. The molecule has 1 heterocycles. The number of halogens is 3. The van der Waals surface area contributed by atoms with Crippen LogP contribution in [0.15, 0.2) is 42.5 Å². The first-order chi connectivity index (χ1) is 12.9. The summed E-state index contributed by atoms with van der Waals surface area (Å²) < 4.78 is 49.4. The Labute approximate surface area is 152 Å². The summed E-state index contributed by atoms with van der Waals surface area (Å²) >= 11 is 0. The highest BCUT2D eigenvalue weighted by atomic mass is 19.4. The lowest BCUT2D eigenvalue weighted by Gasteiger charge is -2.10. The molecule has 0 saturated carbocycles. The molecule has 0 bridgehead atoms. The molecule has 0 radical (unpaired) electrons. The molecule has 0 spiro atoms. The van der Waals surface area contributed by atoms with Gasteiger partial charge in [-0.15, -0.1) is 0 Å². The maximum atomic E-state index is 12.9. The first kappa shape index (κ1) is 17.1. The number of rotatable bonds is 4.